The fourth-order valence-corrected chi connectivity index (χ4v) is 8.50. The number of pyridine rings is 1. The molecule has 18 heteroatoms. The monoisotopic (exact) mass is 791 g/mol. The first-order valence-electron chi connectivity index (χ1n) is 16.0. The first-order valence-corrected chi connectivity index (χ1v) is 19.4. The maximum atomic E-state index is 14.1. The third-order valence-corrected chi connectivity index (χ3v) is 11.7. The highest BCUT2D eigenvalue weighted by atomic mass is 35.5. The van der Waals surface area contributed by atoms with Crippen LogP contribution in [0.2, 0.25) is 5.02 Å². The van der Waals surface area contributed by atoms with Gasteiger partial charge in [0, 0.05) is 45.2 Å². The van der Waals surface area contributed by atoms with Crippen molar-refractivity contribution in [3.8, 4) is 17.2 Å². The molecule has 4 N–H and O–H groups in total. The van der Waals surface area contributed by atoms with Crippen LogP contribution in [0.3, 0.4) is 0 Å². The van der Waals surface area contributed by atoms with Crippen molar-refractivity contribution in [3.05, 3.63) is 118 Å². The predicted octanol–water partition coefficient (Wildman–Crippen LogP) is 7.52. The molecule has 0 atom stereocenters. The molecule has 8 rings (SSSR count). The largest absolute Gasteiger partial charge is 0.380 e. The van der Waals surface area contributed by atoms with Gasteiger partial charge < -0.3 is 19.2 Å². The van der Waals surface area contributed by atoms with E-state index in [1.807, 2.05) is 13.0 Å². The molecule has 1 aliphatic rings. The molecule has 0 aliphatic carbocycles. The topological polar surface area (TPSA) is 196 Å². The molecule has 5 heterocycles. The van der Waals surface area contributed by atoms with Crippen molar-refractivity contribution in [1.29, 1.82) is 5.26 Å². The molecule has 3 aromatic carbocycles. The van der Waals surface area contributed by atoms with Crippen LogP contribution in [0.4, 0.5) is 20.2 Å². The maximum Gasteiger partial charge on any atom is 0.264 e. The number of halogens is 3. The van der Waals surface area contributed by atoms with Crippen molar-refractivity contribution < 1.29 is 34.9 Å². The lowest BCUT2D eigenvalue weighted by molar-refractivity contribution is 0.00683. The second kappa shape index (κ2) is 14.2. The van der Waals surface area contributed by atoms with Crippen LogP contribution < -0.4 is 9.44 Å². The Morgan fingerprint density at radius 3 is 2.11 bits per heavy atom. The van der Waals surface area contributed by atoms with Crippen molar-refractivity contribution in [2.24, 2.45) is 0 Å². The van der Waals surface area contributed by atoms with Crippen LogP contribution in [0.1, 0.15) is 28.6 Å². The third-order valence-electron chi connectivity index (χ3n) is 8.64. The number of nitriles is 1. The quantitative estimate of drug-likeness (QED) is 0.120. The van der Waals surface area contributed by atoms with Gasteiger partial charge in [0.05, 0.1) is 47.6 Å². The molecule has 0 unspecified atom stereocenters. The predicted molar refractivity (Wildman–Crippen MR) is 197 cm³/mol. The second-order valence-electron chi connectivity index (χ2n) is 12.3. The number of fused-ring (bicyclic) bond motifs is 2. The number of aryl methyl sites for hydroxylation is 2. The summed E-state index contributed by atoms with van der Waals surface area (Å²) in [6, 6.07) is 17.8. The Morgan fingerprint density at radius 2 is 1.50 bits per heavy atom. The minimum absolute atomic E-state index is 0.000703. The summed E-state index contributed by atoms with van der Waals surface area (Å²) in [5.41, 5.74) is 4.03. The molecule has 0 bridgehead atoms. The van der Waals surface area contributed by atoms with Crippen molar-refractivity contribution in [3.63, 3.8) is 0 Å². The van der Waals surface area contributed by atoms with Gasteiger partial charge in [0.1, 0.15) is 32.8 Å². The number of aromatic amines is 2. The summed E-state index contributed by atoms with van der Waals surface area (Å²) in [5, 5.41) is 13.8. The summed E-state index contributed by atoms with van der Waals surface area (Å²) in [6.07, 6.45) is 2.69. The number of hydrogen-bond donors (Lipinski definition) is 4. The van der Waals surface area contributed by atoms with Crippen molar-refractivity contribution in [2.75, 3.05) is 22.7 Å². The van der Waals surface area contributed by atoms with Crippen LogP contribution in [0.25, 0.3) is 33.1 Å². The molecular formula is C36H28ClF2N7O6S2. The van der Waals surface area contributed by atoms with E-state index < -0.39 is 31.7 Å². The summed E-state index contributed by atoms with van der Waals surface area (Å²) in [5.74, 6) is -0.678. The van der Waals surface area contributed by atoms with Gasteiger partial charge in [-0.2, -0.15) is 5.26 Å². The molecule has 0 spiro atoms. The van der Waals surface area contributed by atoms with Gasteiger partial charge in [-0.05, 0) is 74.0 Å². The standard InChI is InChI=1S/C20H15FN4O3S.C16H13ClFN3O3S/c1-11-20(12(2)28-24-11)14-4-5-15-18(8-14)23-10-19(15)29(26,27)25-17-6-3-13(9-22)7-16(17)21;17-10-1-3-14(12(18)5-10)21-25(22,23)15-6-19-16-11(15)2-4-13(20-16)9-7-24-8-9/h3-8,10,23,25H,1-2H3;1-6,9,21H,7-8H2,(H,19,20). The first-order chi connectivity index (χ1) is 25.7. The Labute approximate surface area is 312 Å². The Balaban J connectivity index is 0.000000168. The number of anilines is 2. The smallest absolute Gasteiger partial charge is 0.264 e. The van der Waals surface area contributed by atoms with E-state index in [1.54, 1.807) is 37.3 Å². The van der Waals surface area contributed by atoms with Gasteiger partial charge in [0.25, 0.3) is 20.0 Å². The SMILES string of the molecule is Cc1noc(C)c1-c1ccc2c(S(=O)(=O)Nc3ccc(C#N)cc3F)c[nH]c2c1.O=S(=O)(Nc1ccc(Cl)cc1F)c1c[nH]c2nc(C3COC3)ccc12. The van der Waals surface area contributed by atoms with Crippen molar-refractivity contribution in [2.45, 2.75) is 29.6 Å². The second-order valence-corrected chi connectivity index (χ2v) is 16.0. The molecule has 4 aromatic heterocycles. The van der Waals surface area contributed by atoms with Crippen molar-refractivity contribution in [1.82, 2.24) is 20.1 Å². The number of aromatic nitrogens is 4. The molecule has 0 amide bonds. The number of nitrogens with zero attached hydrogens (tertiary/aromatic N) is 3. The first kappa shape index (κ1) is 36.6. The zero-order valence-corrected chi connectivity index (χ0v) is 30.6. The zero-order chi connectivity index (χ0) is 38.4. The fraction of sp³-hybridized carbons (Fsp3) is 0.139. The van der Waals surface area contributed by atoms with Crippen LogP contribution >= 0.6 is 11.6 Å². The molecule has 54 heavy (non-hydrogen) atoms. The number of H-pyrrole nitrogens is 2. The van der Waals surface area contributed by atoms with Crippen molar-refractivity contribution >= 4 is 65.0 Å². The lowest BCUT2D eigenvalue weighted by Crippen LogP contribution is -2.25. The lowest BCUT2D eigenvalue weighted by Gasteiger charge is -2.25. The summed E-state index contributed by atoms with van der Waals surface area (Å²) in [6.45, 7) is 4.86. The van der Waals surface area contributed by atoms with E-state index in [4.69, 9.17) is 26.1 Å². The van der Waals surface area contributed by atoms with E-state index in [0.717, 1.165) is 34.6 Å². The molecule has 0 saturated carbocycles. The molecule has 1 aliphatic heterocycles. The van der Waals surface area contributed by atoms with Crippen LogP contribution in [0.15, 0.2) is 93.4 Å². The number of sulfonamides is 2. The Morgan fingerprint density at radius 1 is 0.852 bits per heavy atom. The minimum Gasteiger partial charge on any atom is -0.380 e. The van der Waals surface area contributed by atoms with Gasteiger partial charge in [-0.1, -0.05) is 28.9 Å². The zero-order valence-electron chi connectivity index (χ0n) is 28.2. The van der Waals surface area contributed by atoms with E-state index in [2.05, 4.69) is 29.6 Å². The number of nitrogens with one attached hydrogen (secondary N) is 4. The molecule has 276 valence electrons. The maximum absolute atomic E-state index is 14.1. The van der Waals surface area contributed by atoms with Crippen LogP contribution in [-0.4, -0.2) is 50.2 Å². The highest BCUT2D eigenvalue weighted by Gasteiger charge is 2.26. The summed E-state index contributed by atoms with van der Waals surface area (Å²) >= 11 is 5.68. The Bertz CT molecular complexity index is 2830. The van der Waals surface area contributed by atoms with Gasteiger partial charge in [-0.25, -0.2) is 30.6 Å². The molecule has 7 aromatic rings. The van der Waals surface area contributed by atoms with Crippen LogP contribution in [0, 0.1) is 36.8 Å². The van der Waals surface area contributed by atoms with E-state index in [1.165, 1.54) is 36.7 Å². The Hall–Kier alpha value is -5.80. The summed E-state index contributed by atoms with van der Waals surface area (Å²) in [4.78, 5) is 10.2. The van der Waals surface area contributed by atoms with Gasteiger partial charge in [-0.3, -0.25) is 9.44 Å². The number of hydrogen-bond acceptors (Lipinski definition) is 9. The molecule has 0 radical (unpaired) electrons. The van der Waals surface area contributed by atoms with Gasteiger partial charge in [-0.15, -0.1) is 0 Å². The third kappa shape index (κ3) is 7.11. The van der Waals surface area contributed by atoms with E-state index >= 15 is 0 Å². The average molecular weight is 792 g/mol. The highest BCUT2D eigenvalue weighted by molar-refractivity contribution is 7.93. The lowest BCUT2D eigenvalue weighted by atomic mass is 10.0. The number of benzene rings is 3. The van der Waals surface area contributed by atoms with Gasteiger partial charge in [0.15, 0.2) is 0 Å². The number of ether oxygens (including phenoxy) is 1. The number of rotatable bonds is 8. The van der Waals surface area contributed by atoms with E-state index in [9.17, 15) is 25.6 Å². The molecular weight excluding hydrogens is 764 g/mol. The molecule has 1 saturated heterocycles. The fourth-order valence-electron chi connectivity index (χ4n) is 5.86. The summed E-state index contributed by atoms with van der Waals surface area (Å²) in [7, 11) is -8.04. The molecule has 13 nitrogen and oxygen atoms in total. The van der Waals surface area contributed by atoms with E-state index in [-0.39, 0.29) is 37.7 Å². The van der Waals surface area contributed by atoms with E-state index in [0.29, 0.717) is 40.9 Å². The summed E-state index contributed by atoms with van der Waals surface area (Å²) < 4.78 is 93.7. The minimum atomic E-state index is -4.06. The molecule has 1 fully saturated rings. The highest BCUT2D eigenvalue weighted by Crippen LogP contribution is 2.33. The van der Waals surface area contributed by atoms with Crippen LogP contribution in [-0.2, 0) is 24.8 Å². The van der Waals surface area contributed by atoms with Crippen LogP contribution in [0.5, 0.6) is 0 Å². The average Bonchev–Trinajstić information content (AvgIpc) is 3.83. The normalized spacial score (nSPS) is 13.3. The van der Waals surface area contributed by atoms with Gasteiger partial charge >= 0.3 is 0 Å². The van der Waals surface area contributed by atoms with Gasteiger partial charge in [0.2, 0.25) is 0 Å². The Kier molecular flexibility index (Phi) is 9.62.